The van der Waals surface area contributed by atoms with Crippen molar-refractivity contribution in [3.05, 3.63) is 40.2 Å². The molecule has 0 bridgehead atoms. The summed E-state index contributed by atoms with van der Waals surface area (Å²) in [6.07, 6.45) is -16.2. The van der Waals surface area contributed by atoms with Crippen LogP contribution in [0.5, 0.6) is 17.2 Å². The molecule has 15 nitrogen and oxygen atoms in total. The zero-order chi connectivity index (χ0) is 30.5. The Morgan fingerprint density at radius 2 is 1.45 bits per heavy atom. The molecule has 2 aromatic carbocycles. The number of fused-ring (bicyclic) bond motifs is 2. The molecule has 0 amide bonds. The van der Waals surface area contributed by atoms with E-state index in [1.54, 1.807) is 13.0 Å². The highest BCUT2D eigenvalue weighted by Crippen LogP contribution is 2.42. The van der Waals surface area contributed by atoms with E-state index in [0.717, 1.165) is 0 Å². The summed E-state index contributed by atoms with van der Waals surface area (Å²) in [4.78, 5) is 12.7. The quantitative estimate of drug-likeness (QED) is 0.137. The minimum Gasteiger partial charge on any atom is -0.506 e. The Balaban J connectivity index is 1.44. The molecule has 1 unspecified atom stereocenters. The van der Waals surface area contributed by atoms with Crippen LogP contribution >= 0.6 is 0 Å². The van der Waals surface area contributed by atoms with Gasteiger partial charge in [0.2, 0.25) is 6.29 Å². The Morgan fingerprint density at radius 1 is 0.810 bits per heavy atom. The number of phenols is 1. The van der Waals surface area contributed by atoms with Crippen LogP contribution in [0.1, 0.15) is 5.76 Å². The van der Waals surface area contributed by atoms with Crippen molar-refractivity contribution in [1.29, 1.82) is 0 Å². The molecule has 0 spiro atoms. The highest BCUT2D eigenvalue weighted by Gasteiger charge is 2.48. The number of hydrogen-bond acceptors (Lipinski definition) is 15. The van der Waals surface area contributed by atoms with Crippen molar-refractivity contribution in [2.45, 2.75) is 68.3 Å². The molecule has 230 valence electrons. The second-order valence-corrected chi connectivity index (χ2v) is 10.2. The minimum atomic E-state index is -1.81. The van der Waals surface area contributed by atoms with Gasteiger partial charge < -0.3 is 69.0 Å². The van der Waals surface area contributed by atoms with E-state index in [4.69, 9.17) is 28.1 Å². The molecule has 15 heteroatoms. The molecule has 2 fully saturated rings. The van der Waals surface area contributed by atoms with Gasteiger partial charge in [-0.3, -0.25) is 4.79 Å². The predicted molar refractivity (Wildman–Crippen MR) is 140 cm³/mol. The molecule has 2 aliphatic heterocycles. The van der Waals surface area contributed by atoms with E-state index < -0.39 is 85.8 Å². The van der Waals surface area contributed by atoms with E-state index in [-0.39, 0.29) is 27.9 Å². The normalized spacial score (nSPS) is 33.6. The first-order valence-corrected chi connectivity index (χ1v) is 13.0. The van der Waals surface area contributed by atoms with Crippen molar-refractivity contribution in [3.8, 4) is 17.2 Å². The molecule has 3 aromatic rings. The summed E-state index contributed by atoms with van der Waals surface area (Å²) in [5.74, 6) is 0.0146. The number of phenolic OH excluding ortho intramolecular Hbond substituents is 1. The lowest BCUT2D eigenvalue weighted by Crippen LogP contribution is -2.62. The monoisotopic (exact) mass is 596 g/mol. The summed E-state index contributed by atoms with van der Waals surface area (Å²) in [5, 5.41) is 82.7. The van der Waals surface area contributed by atoms with Crippen molar-refractivity contribution in [1.82, 2.24) is 0 Å². The number of rotatable bonds is 7. The largest absolute Gasteiger partial charge is 0.506 e. The van der Waals surface area contributed by atoms with Gasteiger partial charge in [0.05, 0.1) is 25.7 Å². The van der Waals surface area contributed by atoms with Crippen molar-refractivity contribution >= 4 is 21.7 Å². The molecule has 1 aromatic heterocycles. The lowest BCUT2D eigenvalue weighted by Gasteiger charge is -2.42. The standard InChI is InChI=1S/C27H32O15/c1-9-3-12(29)18-13(39-9)5-10-4-11(37-2)6-14(17(10)21(18)32)40-27-25(36)23(34)20(31)16(42-27)8-38-26-24(35)22(33)19(30)15(7-28)41-26/h3-6,15-16,19-20,22-28,30-36H,7-8H2,1-2H3/t15-,16-,19-,20-,22+,23+,24-,25-,26-,27?/m1/s1. The Labute approximate surface area is 237 Å². The molecule has 2 aliphatic rings. The van der Waals surface area contributed by atoms with Crippen molar-refractivity contribution in [2.75, 3.05) is 20.3 Å². The average Bonchev–Trinajstić information content (AvgIpc) is 2.95. The first kappa shape index (κ1) is 30.4. The van der Waals surface area contributed by atoms with Crippen LogP contribution in [0.15, 0.2) is 33.5 Å². The second kappa shape index (κ2) is 11.9. The molecule has 2 saturated heterocycles. The minimum absolute atomic E-state index is 0.0463. The van der Waals surface area contributed by atoms with Crippen LogP contribution in [0, 0.1) is 6.92 Å². The summed E-state index contributed by atoms with van der Waals surface area (Å²) >= 11 is 0. The smallest absolute Gasteiger partial charge is 0.229 e. The van der Waals surface area contributed by atoms with Gasteiger partial charge in [0.1, 0.15) is 82.8 Å². The molecule has 0 saturated carbocycles. The number of benzene rings is 2. The fourth-order valence-electron chi connectivity index (χ4n) is 5.09. The van der Waals surface area contributed by atoms with Gasteiger partial charge in [0.25, 0.3) is 0 Å². The van der Waals surface area contributed by atoms with E-state index in [1.165, 1.54) is 25.3 Å². The molecule has 5 rings (SSSR count). The van der Waals surface area contributed by atoms with E-state index in [2.05, 4.69) is 0 Å². The number of aryl methyl sites for hydroxylation is 1. The highest BCUT2D eigenvalue weighted by molar-refractivity contribution is 6.06. The van der Waals surface area contributed by atoms with Crippen LogP contribution in [-0.4, -0.2) is 123 Å². The summed E-state index contributed by atoms with van der Waals surface area (Å²) in [6, 6.07) is 5.62. The number of aromatic hydroxyl groups is 1. The predicted octanol–water partition coefficient (Wildman–Crippen LogP) is -2.03. The fraction of sp³-hybridized carbons (Fsp3) is 0.519. The Morgan fingerprint density at radius 3 is 2.12 bits per heavy atom. The molecule has 42 heavy (non-hydrogen) atoms. The number of ether oxygens (including phenoxy) is 5. The fourth-order valence-corrected chi connectivity index (χ4v) is 5.09. The lowest BCUT2D eigenvalue weighted by atomic mass is 9.98. The average molecular weight is 597 g/mol. The highest BCUT2D eigenvalue weighted by atomic mass is 16.7. The number of hydrogen-bond donors (Lipinski definition) is 8. The number of methoxy groups -OCH3 is 1. The lowest BCUT2D eigenvalue weighted by molar-refractivity contribution is -0.323. The Kier molecular flexibility index (Phi) is 8.60. The number of aliphatic hydroxyl groups is 7. The Bertz CT molecular complexity index is 1490. The third kappa shape index (κ3) is 5.40. The van der Waals surface area contributed by atoms with Crippen molar-refractivity contribution in [2.24, 2.45) is 0 Å². The topological polar surface area (TPSA) is 238 Å². The van der Waals surface area contributed by atoms with Gasteiger partial charge in [-0.2, -0.15) is 0 Å². The van der Waals surface area contributed by atoms with E-state index in [0.29, 0.717) is 11.1 Å². The van der Waals surface area contributed by atoms with Crippen molar-refractivity contribution < 1.29 is 69.0 Å². The summed E-state index contributed by atoms with van der Waals surface area (Å²) in [5.41, 5.74) is -0.394. The molecule has 0 aliphatic carbocycles. The van der Waals surface area contributed by atoms with Crippen molar-refractivity contribution in [3.63, 3.8) is 0 Å². The molecular weight excluding hydrogens is 564 g/mol. The van der Waals surface area contributed by atoms with Crippen LogP contribution < -0.4 is 14.9 Å². The maximum absolute atomic E-state index is 12.7. The molecule has 10 atom stereocenters. The molecular formula is C27H32O15. The van der Waals surface area contributed by atoms with E-state index in [9.17, 15) is 45.6 Å². The zero-order valence-electron chi connectivity index (χ0n) is 22.4. The van der Waals surface area contributed by atoms with Crippen LogP contribution in [0.25, 0.3) is 21.7 Å². The molecule has 8 N–H and O–H groups in total. The molecule has 3 heterocycles. The first-order chi connectivity index (χ1) is 19.9. The summed E-state index contributed by atoms with van der Waals surface area (Å²) < 4.78 is 33.2. The first-order valence-electron chi connectivity index (χ1n) is 13.0. The third-order valence-electron chi connectivity index (χ3n) is 7.39. The Hall–Kier alpha value is -3.09. The maximum atomic E-state index is 12.7. The van der Waals surface area contributed by atoms with Gasteiger partial charge >= 0.3 is 0 Å². The summed E-state index contributed by atoms with van der Waals surface area (Å²) in [7, 11) is 1.38. The van der Waals surface area contributed by atoms with E-state index >= 15 is 0 Å². The van der Waals surface area contributed by atoms with E-state index in [1.807, 2.05) is 0 Å². The van der Waals surface area contributed by atoms with Gasteiger partial charge in [-0.1, -0.05) is 0 Å². The SMILES string of the molecule is COc1cc(OC2O[C@H](CO[C@@H]3O[C@H](CO)[C@@H](O)[C@H](O)[C@H]3O)[C@@H](O)[C@H](O)[C@H]2O)c2c(O)c3c(=O)cc(C)oc3cc2c1. The third-order valence-corrected chi connectivity index (χ3v) is 7.39. The van der Waals surface area contributed by atoms with Crippen LogP contribution in [0.3, 0.4) is 0 Å². The van der Waals surface area contributed by atoms with Crippen LogP contribution in [0.2, 0.25) is 0 Å². The molecule has 0 radical (unpaired) electrons. The summed E-state index contributed by atoms with van der Waals surface area (Å²) in [6.45, 7) is 0.330. The van der Waals surface area contributed by atoms with Gasteiger partial charge in [-0.25, -0.2) is 0 Å². The number of aliphatic hydroxyl groups excluding tert-OH is 7. The van der Waals surface area contributed by atoms with Gasteiger partial charge in [-0.15, -0.1) is 0 Å². The zero-order valence-corrected chi connectivity index (χ0v) is 22.4. The van der Waals surface area contributed by atoms with Gasteiger partial charge in [0, 0.05) is 12.1 Å². The second-order valence-electron chi connectivity index (χ2n) is 10.2. The maximum Gasteiger partial charge on any atom is 0.229 e. The van der Waals surface area contributed by atoms with Gasteiger partial charge in [0.15, 0.2) is 11.7 Å². The van der Waals surface area contributed by atoms with Crippen LogP contribution in [-0.2, 0) is 14.2 Å². The van der Waals surface area contributed by atoms with Crippen LogP contribution in [0.4, 0.5) is 0 Å². The van der Waals surface area contributed by atoms with Gasteiger partial charge in [-0.05, 0) is 24.4 Å².